The number of amides is 2. The van der Waals surface area contributed by atoms with Gasteiger partial charge in [-0.3, -0.25) is 19.3 Å². The summed E-state index contributed by atoms with van der Waals surface area (Å²) >= 11 is 3.38. The van der Waals surface area contributed by atoms with Gasteiger partial charge in [0.2, 0.25) is 11.8 Å². The van der Waals surface area contributed by atoms with Crippen LogP contribution in [0.25, 0.3) is 0 Å². The SMILES string of the molecule is CC(=O)N1CCCC(=O)c2ccc(Br)cc2CCC1=O. The molecule has 0 spiro atoms. The summed E-state index contributed by atoms with van der Waals surface area (Å²) in [4.78, 5) is 37.0. The number of nitrogens with zero attached hydrogens (tertiary/aromatic N) is 1. The summed E-state index contributed by atoms with van der Waals surface area (Å²) in [6.07, 6.45) is 1.59. The Hall–Kier alpha value is -1.49. The molecule has 0 saturated carbocycles. The number of rotatable bonds is 0. The van der Waals surface area contributed by atoms with Gasteiger partial charge < -0.3 is 0 Å². The highest BCUT2D eigenvalue weighted by molar-refractivity contribution is 9.10. The van der Waals surface area contributed by atoms with Crippen LogP contribution in [0.2, 0.25) is 0 Å². The molecule has 0 unspecified atom stereocenters. The van der Waals surface area contributed by atoms with Crippen molar-refractivity contribution in [2.45, 2.75) is 32.6 Å². The van der Waals surface area contributed by atoms with Crippen LogP contribution in [-0.2, 0) is 16.0 Å². The van der Waals surface area contributed by atoms with Gasteiger partial charge in [0.1, 0.15) is 0 Å². The lowest BCUT2D eigenvalue weighted by atomic mass is 9.96. The molecule has 2 rings (SSSR count). The number of imide groups is 1. The van der Waals surface area contributed by atoms with Gasteiger partial charge in [0.05, 0.1) is 0 Å². The van der Waals surface area contributed by atoms with Gasteiger partial charge in [0, 0.05) is 36.3 Å². The standard InChI is InChI=1S/C15H16BrNO3/c1-10(18)17-8-2-3-14(19)13-6-5-12(16)9-11(13)4-7-15(17)20/h5-6,9H,2-4,7-8H2,1H3. The van der Waals surface area contributed by atoms with Crippen molar-refractivity contribution in [3.8, 4) is 0 Å². The quantitative estimate of drug-likeness (QED) is 0.731. The van der Waals surface area contributed by atoms with Crippen LogP contribution in [0.1, 0.15) is 42.1 Å². The lowest BCUT2D eigenvalue weighted by Crippen LogP contribution is -2.36. The summed E-state index contributed by atoms with van der Waals surface area (Å²) in [6, 6.07) is 5.52. The third-order valence-corrected chi connectivity index (χ3v) is 3.94. The van der Waals surface area contributed by atoms with E-state index in [1.54, 1.807) is 6.07 Å². The van der Waals surface area contributed by atoms with Gasteiger partial charge >= 0.3 is 0 Å². The number of halogens is 1. The van der Waals surface area contributed by atoms with E-state index in [4.69, 9.17) is 0 Å². The van der Waals surface area contributed by atoms with Gasteiger partial charge in [-0.1, -0.05) is 22.0 Å². The minimum Gasteiger partial charge on any atom is -0.294 e. The zero-order chi connectivity index (χ0) is 14.7. The predicted molar refractivity (Wildman–Crippen MR) is 78.4 cm³/mol. The van der Waals surface area contributed by atoms with Crippen LogP contribution in [0.4, 0.5) is 0 Å². The molecule has 2 amide bonds. The van der Waals surface area contributed by atoms with Crippen molar-refractivity contribution < 1.29 is 14.4 Å². The fourth-order valence-electron chi connectivity index (χ4n) is 2.41. The van der Waals surface area contributed by atoms with Crippen LogP contribution < -0.4 is 0 Å². The first-order valence-corrected chi connectivity index (χ1v) is 7.41. The number of Topliss-reactive ketones (excluding diaryl/α,β-unsaturated/α-hetero) is 1. The van der Waals surface area contributed by atoms with Gasteiger partial charge in [-0.25, -0.2) is 0 Å². The third-order valence-electron chi connectivity index (χ3n) is 3.44. The Labute approximate surface area is 126 Å². The van der Waals surface area contributed by atoms with Crippen LogP contribution in [0, 0.1) is 0 Å². The lowest BCUT2D eigenvalue weighted by molar-refractivity contribution is -0.143. The zero-order valence-corrected chi connectivity index (χ0v) is 12.9. The zero-order valence-electron chi connectivity index (χ0n) is 11.3. The maximum atomic E-state index is 12.2. The van der Waals surface area contributed by atoms with Crippen molar-refractivity contribution in [2.24, 2.45) is 0 Å². The van der Waals surface area contributed by atoms with Crippen LogP contribution >= 0.6 is 15.9 Å². The Balaban J connectivity index is 2.31. The van der Waals surface area contributed by atoms with Crippen LogP contribution in [-0.4, -0.2) is 29.0 Å². The molecule has 0 N–H and O–H groups in total. The molecule has 5 heteroatoms. The summed E-state index contributed by atoms with van der Waals surface area (Å²) in [6.45, 7) is 1.71. The number of ketones is 1. The second-order valence-electron chi connectivity index (χ2n) is 4.89. The molecule has 0 aliphatic carbocycles. The van der Waals surface area contributed by atoms with E-state index < -0.39 is 0 Å². The van der Waals surface area contributed by atoms with E-state index in [0.717, 1.165) is 10.0 Å². The predicted octanol–water partition coefficient (Wildman–Crippen LogP) is 2.73. The summed E-state index contributed by atoms with van der Waals surface area (Å²) < 4.78 is 0.886. The first kappa shape index (κ1) is 14.9. The molecule has 0 aromatic heterocycles. The van der Waals surface area contributed by atoms with E-state index in [1.807, 2.05) is 12.1 Å². The maximum absolute atomic E-state index is 12.2. The average Bonchev–Trinajstić information content (AvgIpc) is 2.39. The molecule has 1 aromatic carbocycles. The maximum Gasteiger partial charge on any atom is 0.229 e. The highest BCUT2D eigenvalue weighted by Gasteiger charge is 2.21. The van der Waals surface area contributed by atoms with Crippen LogP contribution in [0.15, 0.2) is 22.7 Å². The number of carbonyl (C=O) groups is 3. The number of aryl methyl sites for hydroxylation is 1. The van der Waals surface area contributed by atoms with Crippen molar-refractivity contribution in [2.75, 3.05) is 6.54 Å². The lowest BCUT2D eigenvalue weighted by Gasteiger charge is -2.21. The molecule has 4 nitrogen and oxygen atoms in total. The molecule has 106 valence electrons. The summed E-state index contributed by atoms with van der Waals surface area (Å²) in [5.74, 6) is -0.347. The topological polar surface area (TPSA) is 54.5 Å². The number of carbonyl (C=O) groups excluding carboxylic acids is 3. The Morgan fingerprint density at radius 1 is 1.20 bits per heavy atom. The largest absolute Gasteiger partial charge is 0.294 e. The van der Waals surface area contributed by atoms with E-state index in [-0.39, 0.29) is 24.0 Å². The first-order valence-electron chi connectivity index (χ1n) is 6.61. The van der Waals surface area contributed by atoms with Crippen molar-refractivity contribution in [3.63, 3.8) is 0 Å². The molecule has 1 aliphatic rings. The average molecular weight is 338 g/mol. The number of benzene rings is 1. The normalized spacial score (nSPS) is 16.8. The summed E-state index contributed by atoms with van der Waals surface area (Å²) in [7, 11) is 0. The molecule has 0 saturated heterocycles. The van der Waals surface area contributed by atoms with Gasteiger partial charge in [-0.2, -0.15) is 0 Å². The van der Waals surface area contributed by atoms with E-state index in [1.165, 1.54) is 11.8 Å². The highest BCUT2D eigenvalue weighted by atomic mass is 79.9. The van der Waals surface area contributed by atoms with Crippen molar-refractivity contribution in [1.82, 2.24) is 4.90 Å². The molecule has 0 bridgehead atoms. The molecule has 1 aliphatic heterocycles. The van der Waals surface area contributed by atoms with Crippen LogP contribution in [0.5, 0.6) is 0 Å². The van der Waals surface area contributed by atoms with Gasteiger partial charge in [-0.05, 0) is 30.5 Å². The summed E-state index contributed by atoms with van der Waals surface area (Å²) in [5, 5.41) is 0. The molecule has 0 radical (unpaired) electrons. The Morgan fingerprint density at radius 3 is 2.65 bits per heavy atom. The minimum atomic E-state index is -0.252. The number of hydrogen-bond donors (Lipinski definition) is 0. The van der Waals surface area contributed by atoms with E-state index in [2.05, 4.69) is 15.9 Å². The summed E-state index contributed by atoms with van der Waals surface area (Å²) in [5.41, 5.74) is 1.56. The fraction of sp³-hybridized carbons (Fsp3) is 0.400. The van der Waals surface area contributed by atoms with Crippen molar-refractivity contribution >= 4 is 33.5 Å². The molecule has 1 heterocycles. The molecule has 1 aromatic rings. The van der Waals surface area contributed by atoms with Crippen LogP contribution in [0.3, 0.4) is 0 Å². The Kier molecular flexibility index (Phi) is 4.70. The smallest absolute Gasteiger partial charge is 0.229 e. The second-order valence-corrected chi connectivity index (χ2v) is 5.81. The first-order chi connectivity index (χ1) is 9.49. The van der Waals surface area contributed by atoms with E-state index in [0.29, 0.717) is 31.4 Å². The van der Waals surface area contributed by atoms with E-state index in [9.17, 15) is 14.4 Å². The fourth-order valence-corrected chi connectivity index (χ4v) is 2.82. The Morgan fingerprint density at radius 2 is 1.95 bits per heavy atom. The molecular weight excluding hydrogens is 322 g/mol. The molecule has 0 fully saturated rings. The molecular formula is C15H16BrNO3. The molecule has 0 atom stereocenters. The highest BCUT2D eigenvalue weighted by Crippen LogP contribution is 2.21. The van der Waals surface area contributed by atoms with Gasteiger partial charge in [0.15, 0.2) is 5.78 Å². The number of fused-ring (bicyclic) bond motifs is 1. The minimum absolute atomic E-state index is 0.0744. The van der Waals surface area contributed by atoms with E-state index >= 15 is 0 Å². The second kappa shape index (κ2) is 6.31. The van der Waals surface area contributed by atoms with Crippen molar-refractivity contribution in [1.29, 1.82) is 0 Å². The monoisotopic (exact) mass is 337 g/mol. The third kappa shape index (κ3) is 3.33. The van der Waals surface area contributed by atoms with Crippen molar-refractivity contribution in [3.05, 3.63) is 33.8 Å². The Bertz CT molecular complexity index is 568. The van der Waals surface area contributed by atoms with Gasteiger partial charge in [0.25, 0.3) is 0 Å². The van der Waals surface area contributed by atoms with Gasteiger partial charge in [-0.15, -0.1) is 0 Å². The molecule has 20 heavy (non-hydrogen) atoms. The number of hydrogen-bond acceptors (Lipinski definition) is 3.